The van der Waals surface area contributed by atoms with Crippen LogP contribution in [-0.2, 0) is 22.4 Å². The van der Waals surface area contributed by atoms with E-state index in [2.05, 4.69) is 0 Å². The maximum Gasteiger partial charge on any atom is 0.303 e. The van der Waals surface area contributed by atoms with Crippen LogP contribution in [0.15, 0.2) is 24.3 Å². The van der Waals surface area contributed by atoms with Gasteiger partial charge >= 0.3 is 5.97 Å². The molecule has 84 valence electrons. The first kappa shape index (κ1) is 10.9. The van der Waals surface area contributed by atoms with Crippen molar-refractivity contribution in [1.82, 2.24) is 0 Å². The second kappa shape index (κ2) is 4.47. The molecule has 0 radical (unpaired) electrons. The third-order valence-corrected chi connectivity index (χ3v) is 3.09. The first-order chi connectivity index (χ1) is 7.66. The van der Waals surface area contributed by atoms with E-state index in [9.17, 15) is 9.59 Å². The van der Waals surface area contributed by atoms with Gasteiger partial charge in [0.15, 0.2) is 0 Å². The Bertz CT molecular complexity index is 398. The second-order valence-electron chi connectivity index (χ2n) is 4.23. The van der Waals surface area contributed by atoms with Gasteiger partial charge in [-0.25, -0.2) is 0 Å². The van der Waals surface area contributed by atoms with Crippen LogP contribution in [0.5, 0.6) is 0 Å². The van der Waals surface area contributed by atoms with Crippen LogP contribution in [0.4, 0.5) is 0 Å². The van der Waals surface area contributed by atoms with Crippen molar-refractivity contribution in [2.24, 2.45) is 5.92 Å². The molecule has 0 unspecified atom stereocenters. The fourth-order valence-corrected chi connectivity index (χ4v) is 2.22. The van der Waals surface area contributed by atoms with E-state index in [4.69, 9.17) is 5.11 Å². The summed E-state index contributed by atoms with van der Waals surface area (Å²) in [6.07, 6.45) is 1.66. The minimum absolute atomic E-state index is 0.00301. The van der Waals surface area contributed by atoms with E-state index in [1.807, 2.05) is 24.3 Å². The van der Waals surface area contributed by atoms with Gasteiger partial charge in [0.2, 0.25) is 0 Å². The fraction of sp³-hybridized carbons (Fsp3) is 0.385. The summed E-state index contributed by atoms with van der Waals surface area (Å²) in [5.74, 6) is -0.820. The monoisotopic (exact) mass is 218 g/mol. The summed E-state index contributed by atoms with van der Waals surface area (Å²) >= 11 is 0. The van der Waals surface area contributed by atoms with Gasteiger partial charge in [0.1, 0.15) is 5.78 Å². The normalized spacial score (nSPS) is 14.8. The van der Waals surface area contributed by atoms with Crippen molar-refractivity contribution in [3.05, 3.63) is 35.4 Å². The van der Waals surface area contributed by atoms with Crippen molar-refractivity contribution in [3.63, 3.8) is 0 Å². The Balaban J connectivity index is 1.96. The molecule has 1 N–H and O–H groups in total. The van der Waals surface area contributed by atoms with Crippen LogP contribution in [0.25, 0.3) is 0 Å². The van der Waals surface area contributed by atoms with Crippen molar-refractivity contribution < 1.29 is 14.7 Å². The summed E-state index contributed by atoms with van der Waals surface area (Å²) in [4.78, 5) is 22.1. The number of carbonyl (C=O) groups excluding carboxylic acids is 1. The van der Waals surface area contributed by atoms with Crippen LogP contribution in [0.3, 0.4) is 0 Å². The van der Waals surface area contributed by atoms with E-state index in [-0.39, 0.29) is 24.5 Å². The summed E-state index contributed by atoms with van der Waals surface area (Å²) in [7, 11) is 0. The van der Waals surface area contributed by atoms with Crippen LogP contribution >= 0.6 is 0 Å². The van der Waals surface area contributed by atoms with Crippen molar-refractivity contribution >= 4 is 11.8 Å². The zero-order valence-electron chi connectivity index (χ0n) is 8.98. The number of benzene rings is 1. The predicted octanol–water partition coefficient (Wildman–Crippen LogP) is 1.84. The standard InChI is InChI=1S/C13H14O3/c14-12(5-6-13(15)16)11-7-9-3-1-2-4-10(9)8-11/h1-4,11H,5-8H2,(H,15,16). The van der Waals surface area contributed by atoms with Gasteiger partial charge in [-0.15, -0.1) is 0 Å². The molecule has 0 saturated carbocycles. The second-order valence-corrected chi connectivity index (χ2v) is 4.23. The lowest BCUT2D eigenvalue weighted by atomic mass is 9.97. The molecule has 0 atom stereocenters. The van der Waals surface area contributed by atoms with Crippen molar-refractivity contribution in [2.45, 2.75) is 25.7 Å². The van der Waals surface area contributed by atoms with Crippen molar-refractivity contribution in [2.75, 3.05) is 0 Å². The third kappa shape index (κ3) is 2.30. The number of ketones is 1. The lowest BCUT2D eigenvalue weighted by molar-refractivity contribution is -0.139. The van der Waals surface area contributed by atoms with Gasteiger partial charge in [-0.1, -0.05) is 24.3 Å². The highest BCUT2D eigenvalue weighted by Crippen LogP contribution is 2.27. The lowest BCUT2D eigenvalue weighted by Crippen LogP contribution is -2.15. The topological polar surface area (TPSA) is 54.4 Å². The minimum atomic E-state index is -0.899. The molecular weight excluding hydrogens is 204 g/mol. The Hall–Kier alpha value is -1.64. The largest absolute Gasteiger partial charge is 0.481 e. The van der Waals surface area contributed by atoms with Crippen LogP contribution in [0, 0.1) is 5.92 Å². The smallest absolute Gasteiger partial charge is 0.303 e. The quantitative estimate of drug-likeness (QED) is 0.838. The molecular formula is C13H14O3. The Morgan fingerprint density at radius 2 is 1.69 bits per heavy atom. The number of rotatable bonds is 4. The van der Waals surface area contributed by atoms with Gasteiger partial charge in [0.25, 0.3) is 0 Å². The molecule has 2 rings (SSSR count). The molecule has 0 spiro atoms. The Kier molecular flexibility index (Phi) is 3.04. The zero-order chi connectivity index (χ0) is 11.5. The van der Waals surface area contributed by atoms with Crippen LogP contribution in [0.1, 0.15) is 24.0 Å². The summed E-state index contributed by atoms with van der Waals surface area (Å²) in [5.41, 5.74) is 2.47. The van der Waals surface area contributed by atoms with Crippen molar-refractivity contribution in [3.8, 4) is 0 Å². The number of carboxylic acids is 1. The average molecular weight is 218 g/mol. The molecule has 0 amide bonds. The van der Waals surface area contributed by atoms with Crippen LogP contribution in [-0.4, -0.2) is 16.9 Å². The molecule has 0 saturated heterocycles. The van der Waals surface area contributed by atoms with E-state index in [1.165, 1.54) is 11.1 Å². The third-order valence-electron chi connectivity index (χ3n) is 3.09. The Morgan fingerprint density at radius 3 is 2.19 bits per heavy atom. The summed E-state index contributed by atoms with van der Waals surface area (Å²) in [6, 6.07) is 8.03. The molecule has 0 aromatic heterocycles. The highest BCUT2D eigenvalue weighted by atomic mass is 16.4. The molecule has 1 aliphatic rings. The first-order valence-electron chi connectivity index (χ1n) is 5.48. The van der Waals surface area contributed by atoms with E-state index in [0.717, 1.165) is 12.8 Å². The van der Waals surface area contributed by atoms with Crippen LogP contribution in [0.2, 0.25) is 0 Å². The molecule has 3 nitrogen and oxygen atoms in total. The number of hydrogen-bond donors (Lipinski definition) is 1. The molecule has 0 aliphatic heterocycles. The van der Waals surface area contributed by atoms with E-state index in [0.29, 0.717) is 0 Å². The predicted molar refractivity (Wildman–Crippen MR) is 59.2 cm³/mol. The average Bonchev–Trinajstić information content (AvgIpc) is 2.69. The Morgan fingerprint density at radius 1 is 1.12 bits per heavy atom. The van der Waals surface area contributed by atoms with Gasteiger partial charge < -0.3 is 5.11 Å². The summed E-state index contributed by atoms with van der Waals surface area (Å²) in [6.45, 7) is 0. The highest BCUT2D eigenvalue weighted by Gasteiger charge is 2.26. The number of carboxylic acid groups (broad SMARTS) is 1. The van der Waals surface area contributed by atoms with Gasteiger partial charge in [-0.3, -0.25) is 9.59 Å². The molecule has 1 aromatic rings. The summed E-state index contributed by atoms with van der Waals surface area (Å²) in [5, 5.41) is 8.53. The lowest BCUT2D eigenvalue weighted by Gasteiger charge is -2.05. The molecule has 1 aliphatic carbocycles. The minimum Gasteiger partial charge on any atom is -0.481 e. The molecule has 0 fully saturated rings. The highest BCUT2D eigenvalue weighted by molar-refractivity contribution is 5.85. The number of carbonyl (C=O) groups is 2. The zero-order valence-corrected chi connectivity index (χ0v) is 8.98. The van der Waals surface area contributed by atoms with E-state index in [1.54, 1.807) is 0 Å². The molecule has 0 bridgehead atoms. The summed E-state index contributed by atoms with van der Waals surface area (Å²) < 4.78 is 0. The van der Waals surface area contributed by atoms with Gasteiger partial charge in [-0.05, 0) is 24.0 Å². The van der Waals surface area contributed by atoms with Crippen LogP contribution < -0.4 is 0 Å². The number of aliphatic carboxylic acids is 1. The number of hydrogen-bond acceptors (Lipinski definition) is 2. The Labute approximate surface area is 94.1 Å². The maximum atomic E-state index is 11.8. The fourth-order valence-electron chi connectivity index (χ4n) is 2.22. The van der Waals surface area contributed by atoms with Gasteiger partial charge in [0, 0.05) is 12.3 Å². The molecule has 0 heterocycles. The maximum absolute atomic E-state index is 11.8. The first-order valence-corrected chi connectivity index (χ1v) is 5.48. The molecule has 3 heteroatoms. The van der Waals surface area contributed by atoms with Gasteiger partial charge in [0.05, 0.1) is 6.42 Å². The number of Topliss-reactive ketones (excluding diaryl/α,β-unsaturated/α-hetero) is 1. The van der Waals surface area contributed by atoms with Crippen molar-refractivity contribution in [1.29, 1.82) is 0 Å². The molecule has 16 heavy (non-hydrogen) atoms. The SMILES string of the molecule is O=C(O)CCC(=O)C1Cc2ccccc2C1. The van der Waals surface area contributed by atoms with Gasteiger partial charge in [-0.2, -0.15) is 0 Å². The van der Waals surface area contributed by atoms with E-state index < -0.39 is 5.97 Å². The number of fused-ring (bicyclic) bond motifs is 1. The molecule has 1 aromatic carbocycles. The van der Waals surface area contributed by atoms with E-state index >= 15 is 0 Å².